The zero-order valence-corrected chi connectivity index (χ0v) is 13.4. The Hall–Kier alpha value is -2.33. The molecule has 0 aliphatic carbocycles. The molecule has 0 aliphatic heterocycles. The van der Waals surface area contributed by atoms with Crippen LogP contribution in [-0.2, 0) is 10.0 Å². The minimum atomic E-state index is -3.65. The molecule has 0 heterocycles. The fourth-order valence-corrected chi connectivity index (χ4v) is 3.63. The lowest BCUT2D eigenvalue weighted by Gasteiger charge is -2.25. The minimum Gasteiger partial charge on any atom is -0.262 e. The first-order chi connectivity index (χ1) is 10.5. The van der Waals surface area contributed by atoms with Crippen molar-refractivity contribution in [2.45, 2.75) is 11.8 Å². The summed E-state index contributed by atoms with van der Waals surface area (Å²) in [7, 11) is -3.65. The molecule has 2 aromatic rings. The second-order valence-electron chi connectivity index (χ2n) is 4.90. The van der Waals surface area contributed by atoms with Gasteiger partial charge in [-0.25, -0.2) is 8.42 Å². The van der Waals surface area contributed by atoms with Crippen LogP contribution in [0, 0.1) is 6.92 Å². The standard InChI is InChI=1S/C18H19NO2S/c1-4-14-19(18-9-7-6-8-16(18)5-2)22(20,21)17-12-10-15(3)11-13-17/h4-13H,1-2,14H2,3H3. The molecule has 3 nitrogen and oxygen atoms in total. The van der Waals surface area contributed by atoms with Crippen molar-refractivity contribution < 1.29 is 8.42 Å². The lowest BCUT2D eigenvalue weighted by atomic mass is 10.2. The number of sulfonamides is 1. The van der Waals surface area contributed by atoms with E-state index in [0.717, 1.165) is 11.1 Å². The molecule has 2 aromatic carbocycles. The van der Waals surface area contributed by atoms with Gasteiger partial charge in [0.2, 0.25) is 0 Å². The number of hydrogen-bond donors (Lipinski definition) is 0. The highest BCUT2D eigenvalue weighted by molar-refractivity contribution is 7.92. The van der Waals surface area contributed by atoms with Gasteiger partial charge in [0, 0.05) is 0 Å². The smallest absolute Gasteiger partial charge is 0.262 e. The number of rotatable bonds is 6. The molecule has 0 amide bonds. The molecule has 0 aliphatic rings. The summed E-state index contributed by atoms with van der Waals surface area (Å²) in [5, 5.41) is 0. The first-order valence-corrected chi connectivity index (χ1v) is 8.36. The van der Waals surface area contributed by atoms with Crippen LogP contribution >= 0.6 is 0 Å². The average molecular weight is 313 g/mol. The number of benzene rings is 2. The van der Waals surface area contributed by atoms with Crippen LogP contribution in [-0.4, -0.2) is 15.0 Å². The summed E-state index contributed by atoms with van der Waals surface area (Å²) < 4.78 is 27.2. The van der Waals surface area contributed by atoms with Crippen LogP contribution in [0.25, 0.3) is 6.08 Å². The fraction of sp³-hybridized carbons (Fsp3) is 0.111. The Morgan fingerprint density at radius 3 is 2.27 bits per heavy atom. The van der Waals surface area contributed by atoms with Gasteiger partial charge in [0.1, 0.15) is 0 Å². The molecule has 0 radical (unpaired) electrons. The average Bonchev–Trinajstić information content (AvgIpc) is 2.53. The third-order valence-corrected chi connectivity index (χ3v) is 5.12. The Morgan fingerprint density at radius 2 is 1.68 bits per heavy atom. The maximum absolute atomic E-state index is 12.9. The van der Waals surface area contributed by atoms with Gasteiger partial charge in [-0.05, 0) is 30.7 Å². The van der Waals surface area contributed by atoms with E-state index in [0.29, 0.717) is 5.69 Å². The number of hydrogen-bond acceptors (Lipinski definition) is 2. The lowest BCUT2D eigenvalue weighted by molar-refractivity contribution is 0.593. The highest BCUT2D eigenvalue weighted by Crippen LogP contribution is 2.27. The van der Waals surface area contributed by atoms with Crippen molar-refractivity contribution in [2.75, 3.05) is 10.8 Å². The second-order valence-corrected chi connectivity index (χ2v) is 6.76. The Labute approximate surface area is 132 Å². The van der Waals surface area contributed by atoms with Crippen molar-refractivity contribution in [2.24, 2.45) is 0 Å². The highest BCUT2D eigenvalue weighted by atomic mass is 32.2. The molecular weight excluding hydrogens is 294 g/mol. The molecule has 0 atom stereocenters. The van der Waals surface area contributed by atoms with Crippen molar-refractivity contribution in [1.82, 2.24) is 0 Å². The third kappa shape index (κ3) is 3.12. The SMILES string of the molecule is C=CCN(c1ccccc1C=C)S(=O)(=O)c1ccc(C)cc1. The summed E-state index contributed by atoms with van der Waals surface area (Å²) in [4.78, 5) is 0.263. The van der Waals surface area contributed by atoms with Crippen molar-refractivity contribution in [3.05, 3.63) is 78.9 Å². The Balaban J connectivity index is 2.58. The van der Waals surface area contributed by atoms with E-state index >= 15 is 0 Å². The number of aryl methyl sites for hydroxylation is 1. The van der Waals surface area contributed by atoms with E-state index in [9.17, 15) is 8.42 Å². The van der Waals surface area contributed by atoms with E-state index in [1.165, 1.54) is 4.31 Å². The van der Waals surface area contributed by atoms with Gasteiger partial charge in [-0.1, -0.05) is 54.6 Å². The zero-order chi connectivity index (χ0) is 16.2. The monoisotopic (exact) mass is 313 g/mol. The number of anilines is 1. The molecule has 2 rings (SSSR count). The van der Waals surface area contributed by atoms with Crippen LogP contribution in [0.15, 0.2) is 72.7 Å². The maximum atomic E-state index is 12.9. The van der Waals surface area contributed by atoms with Gasteiger partial charge in [-0.15, -0.1) is 6.58 Å². The van der Waals surface area contributed by atoms with E-state index in [1.807, 2.05) is 25.1 Å². The Morgan fingerprint density at radius 1 is 1.05 bits per heavy atom. The molecule has 22 heavy (non-hydrogen) atoms. The van der Waals surface area contributed by atoms with Crippen LogP contribution in [0.2, 0.25) is 0 Å². The van der Waals surface area contributed by atoms with E-state index in [2.05, 4.69) is 13.2 Å². The van der Waals surface area contributed by atoms with Crippen LogP contribution in [0.3, 0.4) is 0 Å². The van der Waals surface area contributed by atoms with Gasteiger partial charge in [-0.2, -0.15) is 0 Å². The van der Waals surface area contributed by atoms with Gasteiger partial charge in [-0.3, -0.25) is 4.31 Å². The summed E-state index contributed by atoms with van der Waals surface area (Å²) in [5.74, 6) is 0. The topological polar surface area (TPSA) is 37.4 Å². The normalized spacial score (nSPS) is 11.0. The largest absolute Gasteiger partial charge is 0.264 e. The summed E-state index contributed by atoms with van der Waals surface area (Å²) in [5.41, 5.74) is 2.37. The molecule has 114 valence electrons. The van der Waals surface area contributed by atoms with Gasteiger partial charge in [0.15, 0.2) is 0 Å². The maximum Gasteiger partial charge on any atom is 0.264 e. The van der Waals surface area contributed by atoms with E-state index < -0.39 is 10.0 Å². The van der Waals surface area contributed by atoms with Crippen LogP contribution < -0.4 is 4.31 Å². The molecule has 0 saturated carbocycles. The molecular formula is C18H19NO2S. The van der Waals surface area contributed by atoms with Crippen molar-refractivity contribution in [3.8, 4) is 0 Å². The van der Waals surface area contributed by atoms with E-state index in [1.54, 1.807) is 42.5 Å². The van der Waals surface area contributed by atoms with Crippen LogP contribution in [0.1, 0.15) is 11.1 Å². The second kappa shape index (κ2) is 6.62. The van der Waals surface area contributed by atoms with E-state index in [4.69, 9.17) is 0 Å². The molecule has 4 heteroatoms. The molecule has 0 spiro atoms. The predicted molar refractivity (Wildman–Crippen MR) is 92.4 cm³/mol. The van der Waals surface area contributed by atoms with E-state index in [-0.39, 0.29) is 11.4 Å². The zero-order valence-electron chi connectivity index (χ0n) is 12.6. The molecule has 0 fully saturated rings. The third-order valence-electron chi connectivity index (χ3n) is 3.33. The Kier molecular flexibility index (Phi) is 4.83. The number of nitrogens with zero attached hydrogens (tertiary/aromatic N) is 1. The quantitative estimate of drug-likeness (QED) is 0.755. The van der Waals surface area contributed by atoms with Crippen LogP contribution in [0.5, 0.6) is 0 Å². The minimum absolute atomic E-state index is 0.195. The fourth-order valence-electron chi connectivity index (χ4n) is 2.17. The summed E-state index contributed by atoms with van der Waals surface area (Å²) >= 11 is 0. The summed E-state index contributed by atoms with van der Waals surface area (Å²) in [6.07, 6.45) is 3.22. The molecule has 0 aromatic heterocycles. The van der Waals surface area contributed by atoms with Gasteiger partial charge < -0.3 is 0 Å². The first-order valence-electron chi connectivity index (χ1n) is 6.92. The predicted octanol–water partition coefficient (Wildman–Crippen LogP) is 4.02. The molecule has 0 N–H and O–H groups in total. The summed E-state index contributed by atoms with van der Waals surface area (Å²) in [6.45, 7) is 9.54. The van der Waals surface area contributed by atoms with Crippen molar-refractivity contribution in [3.63, 3.8) is 0 Å². The first kappa shape index (κ1) is 16.0. The molecule has 0 bridgehead atoms. The molecule has 0 unspecified atom stereocenters. The Bertz CT molecular complexity index is 777. The van der Waals surface area contributed by atoms with Gasteiger partial charge in [0.25, 0.3) is 10.0 Å². The summed E-state index contributed by atoms with van der Waals surface area (Å²) in [6, 6.07) is 14.1. The van der Waals surface area contributed by atoms with Gasteiger partial charge in [0.05, 0.1) is 17.1 Å². The molecule has 0 saturated heterocycles. The van der Waals surface area contributed by atoms with Crippen molar-refractivity contribution in [1.29, 1.82) is 0 Å². The lowest BCUT2D eigenvalue weighted by Crippen LogP contribution is -2.31. The van der Waals surface area contributed by atoms with Crippen molar-refractivity contribution >= 4 is 21.8 Å². The highest BCUT2D eigenvalue weighted by Gasteiger charge is 2.25. The van der Waals surface area contributed by atoms with Crippen LogP contribution in [0.4, 0.5) is 5.69 Å². The van der Waals surface area contributed by atoms with Gasteiger partial charge >= 0.3 is 0 Å². The number of para-hydroxylation sites is 1.